The van der Waals surface area contributed by atoms with Crippen molar-refractivity contribution >= 4 is 17.6 Å². The van der Waals surface area contributed by atoms with Crippen molar-refractivity contribution in [3.05, 3.63) is 29.3 Å². The SMILES string of the molecule is Cc1ccc(N)c(C(=O)OCC(=O)NC(C)C(C)C)c1. The van der Waals surface area contributed by atoms with Crippen LogP contribution in [0, 0.1) is 12.8 Å². The maximum Gasteiger partial charge on any atom is 0.340 e. The predicted octanol–water partition coefficient (Wildman–Crippen LogP) is 1.89. The van der Waals surface area contributed by atoms with Gasteiger partial charge in [-0.2, -0.15) is 0 Å². The van der Waals surface area contributed by atoms with Gasteiger partial charge in [0.15, 0.2) is 6.61 Å². The number of anilines is 1. The van der Waals surface area contributed by atoms with Gasteiger partial charge in [-0.1, -0.05) is 25.5 Å². The van der Waals surface area contributed by atoms with E-state index in [1.54, 1.807) is 12.1 Å². The molecule has 0 saturated carbocycles. The average Bonchev–Trinajstić information content (AvgIpc) is 2.38. The molecule has 0 saturated heterocycles. The largest absolute Gasteiger partial charge is 0.452 e. The second kappa shape index (κ2) is 6.93. The molecular weight excluding hydrogens is 256 g/mol. The van der Waals surface area contributed by atoms with Crippen LogP contribution in [-0.4, -0.2) is 24.5 Å². The van der Waals surface area contributed by atoms with Crippen LogP contribution in [0.15, 0.2) is 18.2 Å². The number of carbonyl (C=O) groups excluding carboxylic acids is 2. The van der Waals surface area contributed by atoms with E-state index in [-0.39, 0.29) is 24.1 Å². The Morgan fingerprint density at radius 3 is 2.55 bits per heavy atom. The first-order chi connectivity index (χ1) is 9.31. The Balaban J connectivity index is 2.55. The van der Waals surface area contributed by atoms with E-state index >= 15 is 0 Å². The highest BCUT2D eigenvalue weighted by molar-refractivity contribution is 5.96. The summed E-state index contributed by atoms with van der Waals surface area (Å²) in [5.41, 5.74) is 7.25. The Bertz CT molecular complexity index is 498. The van der Waals surface area contributed by atoms with Crippen molar-refractivity contribution < 1.29 is 14.3 Å². The molecule has 1 rings (SSSR count). The zero-order chi connectivity index (χ0) is 15.3. The molecule has 3 N–H and O–H groups in total. The van der Waals surface area contributed by atoms with Crippen molar-refractivity contribution in [2.24, 2.45) is 5.92 Å². The molecule has 0 radical (unpaired) electrons. The van der Waals surface area contributed by atoms with E-state index < -0.39 is 5.97 Å². The second-order valence-electron chi connectivity index (χ2n) is 5.27. The van der Waals surface area contributed by atoms with Gasteiger partial charge in [0, 0.05) is 11.7 Å². The molecule has 0 fully saturated rings. The zero-order valence-corrected chi connectivity index (χ0v) is 12.4. The number of hydrogen-bond acceptors (Lipinski definition) is 4. The fraction of sp³-hybridized carbons (Fsp3) is 0.467. The quantitative estimate of drug-likeness (QED) is 0.636. The highest BCUT2D eigenvalue weighted by atomic mass is 16.5. The summed E-state index contributed by atoms with van der Waals surface area (Å²) in [4.78, 5) is 23.5. The number of hydrogen-bond donors (Lipinski definition) is 2. The van der Waals surface area contributed by atoms with E-state index in [1.807, 2.05) is 33.8 Å². The molecule has 1 atom stereocenters. The third-order valence-electron chi connectivity index (χ3n) is 3.15. The lowest BCUT2D eigenvalue weighted by Crippen LogP contribution is -2.38. The maximum atomic E-state index is 11.9. The Morgan fingerprint density at radius 2 is 1.95 bits per heavy atom. The fourth-order valence-electron chi connectivity index (χ4n) is 1.52. The Morgan fingerprint density at radius 1 is 1.30 bits per heavy atom. The Hall–Kier alpha value is -2.04. The number of carbonyl (C=O) groups is 2. The van der Waals surface area contributed by atoms with Gasteiger partial charge in [0.2, 0.25) is 0 Å². The lowest BCUT2D eigenvalue weighted by molar-refractivity contribution is -0.125. The lowest BCUT2D eigenvalue weighted by Gasteiger charge is -2.17. The van der Waals surface area contributed by atoms with Gasteiger partial charge in [0.1, 0.15) is 0 Å². The number of aryl methyl sites for hydroxylation is 1. The molecule has 5 heteroatoms. The molecule has 0 aliphatic rings. The summed E-state index contributed by atoms with van der Waals surface area (Å²) in [7, 11) is 0. The number of benzene rings is 1. The highest BCUT2D eigenvalue weighted by Crippen LogP contribution is 2.14. The minimum absolute atomic E-state index is 0.0326. The number of nitrogens with one attached hydrogen (secondary N) is 1. The van der Waals surface area contributed by atoms with Crippen LogP contribution in [0.25, 0.3) is 0 Å². The molecule has 0 aliphatic carbocycles. The minimum atomic E-state index is -0.585. The van der Waals surface area contributed by atoms with Gasteiger partial charge in [-0.25, -0.2) is 4.79 Å². The van der Waals surface area contributed by atoms with Crippen molar-refractivity contribution in [1.82, 2.24) is 5.32 Å². The number of ether oxygens (including phenoxy) is 1. The summed E-state index contributed by atoms with van der Waals surface area (Å²) in [5, 5.41) is 2.76. The molecular formula is C15H22N2O3. The Kier molecular flexibility index (Phi) is 5.55. The summed E-state index contributed by atoms with van der Waals surface area (Å²) < 4.78 is 4.98. The first kappa shape index (κ1) is 16.0. The smallest absolute Gasteiger partial charge is 0.340 e. The van der Waals surface area contributed by atoms with Gasteiger partial charge in [0.25, 0.3) is 5.91 Å². The Labute approximate surface area is 119 Å². The third-order valence-corrected chi connectivity index (χ3v) is 3.15. The molecule has 0 aromatic heterocycles. The van der Waals surface area contributed by atoms with Gasteiger partial charge < -0.3 is 15.8 Å². The average molecular weight is 278 g/mol. The summed E-state index contributed by atoms with van der Waals surface area (Å²) >= 11 is 0. The standard InChI is InChI=1S/C15H22N2O3/c1-9(2)11(4)17-14(18)8-20-15(19)12-7-10(3)5-6-13(12)16/h5-7,9,11H,8,16H2,1-4H3,(H,17,18). The number of amides is 1. The van der Waals surface area contributed by atoms with Gasteiger partial charge in [0.05, 0.1) is 5.56 Å². The predicted molar refractivity (Wildman–Crippen MR) is 78.3 cm³/mol. The van der Waals surface area contributed by atoms with Gasteiger partial charge in [-0.15, -0.1) is 0 Å². The van der Waals surface area contributed by atoms with Crippen LogP contribution in [0.5, 0.6) is 0 Å². The summed E-state index contributed by atoms with van der Waals surface area (Å²) in [6, 6.07) is 5.13. The maximum absolute atomic E-state index is 11.9. The van der Waals surface area contributed by atoms with Crippen LogP contribution in [0.2, 0.25) is 0 Å². The summed E-state index contributed by atoms with van der Waals surface area (Å²) in [6.45, 7) is 7.47. The molecule has 1 amide bonds. The third kappa shape index (κ3) is 4.57. The van der Waals surface area contributed by atoms with Crippen molar-refractivity contribution in [2.45, 2.75) is 33.7 Å². The molecule has 1 aromatic carbocycles. The molecule has 110 valence electrons. The van der Waals surface area contributed by atoms with E-state index in [4.69, 9.17) is 10.5 Å². The van der Waals surface area contributed by atoms with E-state index in [1.165, 1.54) is 0 Å². The zero-order valence-electron chi connectivity index (χ0n) is 12.4. The molecule has 1 unspecified atom stereocenters. The van der Waals surface area contributed by atoms with Crippen LogP contribution in [0.1, 0.15) is 36.7 Å². The lowest BCUT2D eigenvalue weighted by atomic mass is 10.1. The van der Waals surface area contributed by atoms with E-state index in [2.05, 4.69) is 5.32 Å². The van der Waals surface area contributed by atoms with Crippen LogP contribution in [-0.2, 0) is 9.53 Å². The second-order valence-corrected chi connectivity index (χ2v) is 5.27. The van der Waals surface area contributed by atoms with Crippen molar-refractivity contribution in [2.75, 3.05) is 12.3 Å². The monoisotopic (exact) mass is 278 g/mol. The molecule has 0 spiro atoms. The first-order valence-corrected chi connectivity index (χ1v) is 6.64. The first-order valence-electron chi connectivity index (χ1n) is 6.64. The molecule has 0 heterocycles. The van der Waals surface area contributed by atoms with Crippen LogP contribution in [0.3, 0.4) is 0 Å². The van der Waals surface area contributed by atoms with E-state index in [0.717, 1.165) is 5.56 Å². The molecule has 1 aromatic rings. The fourth-order valence-corrected chi connectivity index (χ4v) is 1.52. The van der Waals surface area contributed by atoms with Crippen molar-refractivity contribution in [3.8, 4) is 0 Å². The van der Waals surface area contributed by atoms with Crippen molar-refractivity contribution in [3.63, 3.8) is 0 Å². The molecule has 5 nitrogen and oxygen atoms in total. The number of nitrogens with two attached hydrogens (primary N) is 1. The van der Waals surface area contributed by atoms with E-state index in [9.17, 15) is 9.59 Å². The number of rotatable bonds is 5. The molecule has 20 heavy (non-hydrogen) atoms. The van der Waals surface area contributed by atoms with Crippen LogP contribution >= 0.6 is 0 Å². The normalized spacial score (nSPS) is 12.1. The summed E-state index contributed by atoms with van der Waals surface area (Å²) in [6.07, 6.45) is 0. The molecule has 0 aliphatic heterocycles. The number of esters is 1. The topological polar surface area (TPSA) is 81.4 Å². The van der Waals surface area contributed by atoms with Gasteiger partial charge in [-0.3, -0.25) is 4.79 Å². The van der Waals surface area contributed by atoms with Gasteiger partial charge >= 0.3 is 5.97 Å². The highest BCUT2D eigenvalue weighted by Gasteiger charge is 2.15. The van der Waals surface area contributed by atoms with Crippen molar-refractivity contribution in [1.29, 1.82) is 0 Å². The summed E-state index contributed by atoms with van der Waals surface area (Å²) in [5.74, 6) is -0.577. The van der Waals surface area contributed by atoms with Crippen LogP contribution in [0.4, 0.5) is 5.69 Å². The molecule has 0 bridgehead atoms. The van der Waals surface area contributed by atoms with Crippen LogP contribution < -0.4 is 11.1 Å². The minimum Gasteiger partial charge on any atom is -0.452 e. The number of nitrogen functional groups attached to an aromatic ring is 1. The van der Waals surface area contributed by atoms with Gasteiger partial charge in [-0.05, 0) is 31.9 Å². The van der Waals surface area contributed by atoms with E-state index in [0.29, 0.717) is 11.6 Å².